The second-order valence-corrected chi connectivity index (χ2v) is 3.86. The van der Waals surface area contributed by atoms with Crippen LogP contribution in [0.2, 0.25) is 0 Å². The van der Waals surface area contributed by atoms with E-state index in [1.165, 1.54) is 31.2 Å². The van der Waals surface area contributed by atoms with Gasteiger partial charge >= 0.3 is 0 Å². The van der Waals surface area contributed by atoms with Crippen molar-refractivity contribution >= 4 is 12.6 Å². The number of benzene rings is 1. The van der Waals surface area contributed by atoms with Crippen LogP contribution in [0.1, 0.15) is 38.2 Å². The molecule has 1 aromatic rings. The minimum absolute atomic E-state index is 1.03. The molecule has 0 nitrogen and oxygen atoms in total. The maximum Gasteiger partial charge on any atom is 0.0409 e. The molecule has 0 unspecified atom stereocenters. The number of rotatable bonds is 5. The number of unbranched alkanes of at least 4 members (excludes halogenated alkanes) is 3. The SMILES string of the molecule is CCCCCCc1ccccc1[S]. The topological polar surface area (TPSA) is 0 Å². The van der Waals surface area contributed by atoms with Gasteiger partial charge in [-0.15, -0.1) is 0 Å². The highest BCUT2D eigenvalue weighted by molar-refractivity contribution is 7.80. The molecule has 0 saturated heterocycles. The van der Waals surface area contributed by atoms with E-state index in [1.807, 2.05) is 12.1 Å². The van der Waals surface area contributed by atoms with Crippen LogP contribution in [-0.4, -0.2) is 0 Å². The lowest BCUT2D eigenvalue weighted by Gasteiger charge is -2.02. The zero-order valence-corrected chi connectivity index (χ0v) is 9.07. The van der Waals surface area contributed by atoms with Crippen LogP contribution < -0.4 is 0 Å². The first-order valence-corrected chi connectivity index (χ1v) is 5.50. The fraction of sp³-hybridized carbons (Fsp3) is 0.500. The van der Waals surface area contributed by atoms with Gasteiger partial charge in [0.25, 0.3) is 0 Å². The first-order valence-electron chi connectivity index (χ1n) is 5.09. The molecule has 0 aliphatic rings. The molecule has 1 heteroatoms. The van der Waals surface area contributed by atoms with Crippen molar-refractivity contribution in [2.45, 2.75) is 43.9 Å². The smallest absolute Gasteiger partial charge is 0.0409 e. The molecule has 0 aliphatic carbocycles. The van der Waals surface area contributed by atoms with Crippen molar-refractivity contribution in [2.75, 3.05) is 0 Å². The van der Waals surface area contributed by atoms with Crippen molar-refractivity contribution in [3.05, 3.63) is 29.8 Å². The summed E-state index contributed by atoms with van der Waals surface area (Å²) in [5, 5.41) is 0. The lowest BCUT2D eigenvalue weighted by Crippen LogP contribution is -1.87. The van der Waals surface area contributed by atoms with Crippen LogP contribution in [0, 0.1) is 0 Å². The minimum atomic E-state index is 1.03. The van der Waals surface area contributed by atoms with Gasteiger partial charge in [0.2, 0.25) is 0 Å². The summed E-state index contributed by atoms with van der Waals surface area (Å²) in [7, 11) is 0. The van der Waals surface area contributed by atoms with Gasteiger partial charge in [-0.3, -0.25) is 0 Å². The van der Waals surface area contributed by atoms with E-state index in [0.29, 0.717) is 0 Å². The van der Waals surface area contributed by atoms with Crippen LogP contribution in [0.25, 0.3) is 0 Å². The molecule has 1 radical (unpaired) electrons. The van der Waals surface area contributed by atoms with Crippen molar-refractivity contribution in [3.63, 3.8) is 0 Å². The predicted octanol–water partition coefficient (Wildman–Crippen LogP) is 4.37. The zero-order chi connectivity index (χ0) is 9.52. The highest BCUT2D eigenvalue weighted by Crippen LogP contribution is 2.15. The Morgan fingerprint density at radius 1 is 1.08 bits per heavy atom. The van der Waals surface area contributed by atoms with Gasteiger partial charge in [-0.05, 0) is 24.5 Å². The van der Waals surface area contributed by atoms with E-state index >= 15 is 0 Å². The van der Waals surface area contributed by atoms with E-state index in [0.717, 1.165) is 11.3 Å². The summed E-state index contributed by atoms with van der Waals surface area (Å²) in [6.45, 7) is 2.24. The summed E-state index contributed by atoms with van der Waals surface area (Å²) >= 11 is 5.23. The second-order valence-electron chi connectivity index (χ2n) is 3.42. The van der Waals surface area contributed by atoms with E-state index < -0.39 is 0 Å². The summed E-state index contributed by atoms with van der Waals surface area (Å²) in [6.07, 6.45) is 6.41. The summed E-state index contributed by atoms with van der Waals surface area (Å²) in [4.78, 5) is 1.03. The fourth-order valence-electron chi connectivity index (χ4n) is 1.45. The number of hydrogen-bond donors (Lipinski definition) is 0. The lowest BCUT2D eigenvalue weighted by molar-refractivity contribution is 0.663. The highest BCUT2D eigenvalue weighted by atomic mass is 32.1. The van der Waals surface area contributed by atoms with Crippen LogP contribution in [-0.2, 0) is 6.42 Å². The molecule has 0 N–H and O–H groups in total. The Labute approximate surface area is 86.8 Å². The van der Waals surface area contributed by atoms with Crippen molar-refractivity contribution in [3.8, 4) is 0 Å². The molecule has 0 saturated carbocycles. The van der Waals surface area contributed by atoms with Gasteiger partial charge in [-0.1, -0.05) is 57.0 Å². The van der Waals surface area contributed by atoms with E-state index in [1.54, 1.807) is 0 Å². The Hall–Kier alpha value is -0.560. The third-order valence-corrected chi connectivity index (χ3v) is 2.67. The van der Waals surface area contributed by atoms with Crippen LogP contribution >= 0.6 is 12.6 Å². The van der Waals surface area contributed by atoms with Crippen molar-refractivity contribution < 1.29 is 0 Å². The summed E-state index contributed by atoms with van der Waals surface area (Å²) in [6, 6.07) is 8.25. The molecule has 0 amide bonds. The molecule has 0 aromatic heterocycles. The normalized spacial score (nSPS) is 10.2. The number of aryl methyl sites for hydroxylation is 1. The quantitative estimate of drug-likeness (QED) is 0.609. The molecule has 0 fully saturated rings. The maximum atomic E-state index is 5.23. The molecule has 0 heterocycles. The lowest BCUT2D eigenvalue weighted by atomic mass is 10.1. The standard InChI is InChI=1S/C12H17S/c1-2-3-4-5-8-11-9-6-7-10-12(11)13/h6-7,9-10H,2-5,8H2,1H3. The largest absolute Gasteiger partial charge is 0.0798 e. The Bertz CT molecular complexity index is 243. The van der Waals surface area contributed by atoms with Crippen molar-refractivity contribution in [2.24, 2.45) is 0 Å². The second kappa shape index (κ2) is 5.98. The Balaban J connectivity index is 2.32. The highest BCUT2D eigenvalue weighted by Gasteiger charge is 1.97. The molecule has 71 valence electrons. The maximum absolute atomic E-state index is 5.23. The van der Waals surface area contributed by atoms with Gasteiger partial charge < -0.3 is 0 Å². The van der Waals surface area contributed by atoms with E-state index in [9.17, 15) is 0 Å². The van der Waals surface area contributed by atoms with E-state index in [-0.39, 0.29) is 0 Å². The van der Waals surface area contributed by atoms with Gasteiger partial charge in [0.05, 0.1) is 0 Å². The van der Waals surface area contributed by atoms with Gasteiger partial charge in [-0.2, -0.15) is 0 Å². The fourth-order valence-corrected chi connectivity index (χ4v) is 1.70. The molecule has 0 bridgehead atoms. The van der Waals surface area contributed by atoms with Crippen LogP contribution in [0.3, 0.4) is 0 Å². The molecular weight excluding hydrogens is 176 g/mol. The van der Waals surface area contributed by atoms with Crippen LogP contribution in [0.5, 0.6) is 0 Å². The molecule has 0 aliphatic heterocycles. The first kappa shape index (κ1) is 10.5. The molecule has 13 heavy (non-hydrogen) atoms. The van der Waals surface area contributed by atoms with Gasteiger partial charge in [0.15, 0.2) is 0 Å². The van der Waals surface area contributed by atoms with Gasteiger partial charge in [0.1, 0.15) is 0 Å². The number of hydrogen-bond acceptors (Lipinski definition) is 0. The Morgan fingerprint density at radius 3 is 2.54 bits per heavy atom. The third kappa shape index (κ3) is 3.77. The molecular formula is C12H17S. The van der Waals surface area contributed by atoms with E-state index in [2.05, 4.69) is 19.1 Å². The summed E-state index contributed by atoms with van der Waals surface area (Å²) in [5.74, 6) is 0. The van der Waals surface area contributed by atoms with Crippen molar-refractivity contribution in [1.82, 2.24) is 0 Å². The third-order valence-electron chi connectivity index (χ3n) is 2.27. The van der Waals surface area contributed by atoms with Crippen LogP contribution in [0.15, 0.2) is 29.2 Å². The summed E-state index contributed by atoms with van der Waals surface area (Å²) in [5.41, 5.74) is 1.34. The monoisotopic (exact) mass is 193 g/mol. The minimum Gasteiger partial charge on any atom is -0.0798 e. The Morgan fingerprint density at radius 2 is 1.85 bits per heavy atom. The van der Waals surface area contributed by atoms with Gasteiger partial charge in [0, 0.05) is 4.90 Å². The van der Waals surface area contributed by atoms with E-state index in [4.69, 9.17) is 12.6 Å². The first-order chi connectivity index (χ1) is 6.34. The van der Waals surface area contributed by atoms with Crippen LogP contribution in [0.4, 0.5) is 0 Å². The zero-order valence-electron chi connectivity index (χ0n) is 8.25. The molecule has 1 aromatic carbocycles. The molecule has 0 spiro atoms. The van der Waals surface area contributed by atoms with Crippen molar-refractivity contribution in [1.29, 1.82) is 0 Å². The predicted molar refractivity (Wildman–Crippen MR) is 60.1 cm³/mol. The Kier molecular flexibility index (Phi) is 4.84. The molecule has 1 rings (SSSR count). The average Bonchev–Trinajstić information content (AvgIpc) is 2.15. The summed E-state index contributed by atoms with van der Waals surface area (Å²) < 4.78 is 0. The average molecular weight is 193 g/mol. The van der Waals surface area contributed by atoms with Gasteiger partial charge in [-0.25, -0.2) is 0 Å². The molecule has 0 atom stereocenters.